The van der Waals surface area contributed by atoms with Crippen molar-refractivity contribution < 1.29 is 14.3 Å². The molecule has 2 saturated heterocycles. The van der Waals surface area contributed by atoms with Crippen LogP contribution in [0.2, 0.25) is 0 Å². The van der Waals surface area contributed by atoms with Crippen LogP contribution in [0.3, 0.4) is 0 Å². The fraction of sp³-hybridized carbons (Fsp3) is 0.579. The number of nitrogens with one attached hydrogen (secondary N) is 2. The molecule has 25 heavy (non-hydrogen) atoms. The summed E-state index contributed by atoms with van der Waals surface area (Å²) in [6, 6.07) is 10.2. The first-order valence-electron chi connectivity index (χ1n) is 9.20. The lowest BCUT2D eigenvalue weighted by molar-refractivity contribution is 0.0659. The summed E-state index contributed by atoms with van der Waals surface area (Å²) in [5.74, 6) is -0.0420. The van der Waals surface area contributed by atoms with Gasteiger partial charge < -0.3 is 20.3 Å². The van der Waals surface area contributed by atoms with E-state index in [-0.39, 0.29) is 24.1 Å². The second-order valence-electron chi connectivity index (χ2n) is 6.74. The van der Waals surface area contributed by atoms with Gasteiger partial charge in [0.2, 0.25) is 0 Å². The third-order valence-electron chi connectivity index (χ3n) is 5.09. The third-order valence-corrected chi connectivity index (χ3v) is 5.09. The Morgan fingerprint density at radius 1 is 1.12 bits per heavy atom. The van der Waals surface area contributed by atoms with Crippen LogP contribution in [0.5, 0.6) is 0 Å². The molecule has 6 nitrogen and oxygen atoms in total. The quantitative estimate of drug-likeness (QED) is 0.775. The molecule has 6 heteroatoms. The molecule has 0 spiro atoms. The summed E-state index contributed by atoms with van der Waals surface area (Å²) >= 11 is 0. The van der Waals surface area contributed by atoms with Gasteiger partial charge in [-0.05, 0) is 44.7 Å². The van der Waals surface area contributed by atoms with E-state index in [1.54, 1.807) is 0 Å². The maximum absolute atomic E-state index is 12.1. The van der Waals surface area contributed by atoms with Crippen LogP contribution in [0.15, 0.2) is 30.3 Å². The number of benzene rings is 1. The van der Waals surface area contributed by atoms with Gasteiger partial charge >= 0.3 is 6.09 Å². The van der Waals surface area contributed by atoms with Crippen molar-refractivity contribution in [3.63, 3.8) is 0 Å². The van der Waals surface area contributed by atoms with Crippen molar-refractivity contribution in [3.8, 4) is 0 Å². The van der Waals surface area contributed by atoms with Crippen molar-refractivity contribution in [3.05, 3.63) is 35.9 Å². The largest absolute Gasteiger partial charge is 0.450 e. The molecule has 1 unspecified atom stereocenters. The average Bonchev–Trinajstić information content (AvgIpc) is 2.90. The van der Waals surface area contributed by atoms with Gasteiger partial charge in [0.05, 0.1) is 6.61 Å². The van der Waals surface area contributed by atoms with E-state index in [0.717, 1.165) is 32.2 Å². The van der Waals surface area contributed by atoms with E-state index in [0.29, 0.717) is 24.8 Å². The number of amides is 2. The zero-order valence-corrected chi connectivity index (χ0v) is 14.7. The maximum atomic E-state index is 12.1. The molecule has 3 atom stereocenters. The Bertz CT molecular complexity index is 579. The number of ether oxygens (including phenoxy) is 1. The zero-order chi connectivity index (χ0) is 17.6. The molecule has 1 aromatic rings. The van der Waals surface area contributed by atoms with Gasteiger partial charge in [-0.1, -0.05) is 18.2 Å². The van der Waals surface area contributed by atoms with Crippen LogP contribution in [0.1, 0.15) is 43.0 Å². The molecule has 0 aromatic heterocycles. The van der Waals surface area contributed by atoms with Gasteiger partial charge in [0.15, 0.2) is 0 Å². The van der Waals surface area contributed by atoms with Crippen LogP contribution in [0, 0.1) is 0 Å². The van der Waals surface area contributed by atoms with E-state index in [2.05, 4.69) is 10.6 Å². The SMILES string of the molecule is CCOC(=O)N1[C@@H]2CC[C@H]1CC(NCCNC(=O)c1ccccc1)C2. The van der Waals surface area contributed by atoms with E-state index in [4.69, 9.17) is 4.74 Å². The predicted molar refractivity (Wildman–Crippen MR) is 95.5 cm³/mol. The van der Waals surface area contributed by atoms with Crippen LogP contribution >= 0.6 is 0 Å². The number of fused-ring (bicyclic) bond motifs is 2. The average molecular weight is 345 g/mol. The van der Waals surface area contributed by atoms with Crippen LogP contribution < -0.4 is 10.6 Å². The van der Waals surface area contributed by atoms with Gasteiger partial charge in [0.25, 0.3) is 5.91 Å². The second-order valence-corrected chi connectivity index (χ2v) is 6.74. The second kappa shape index (κ2) is 8.34. The minimum Gasteiger partial charge on any atom is -0.450 e. The van der Waals surface area contributed by atoms with Crippen LogP contribution in [-0.2, 0) is 4.74 Å². The van der Waals surface area contributed by atoms with Crippen molar-refractivity contribution in [1.29, 1.82) is 0 Å². The van der Waals surface area contributed by atoms with Crippen molar-refractivity contribution in [1.82, 2.24) is 15.5 Å². The number of carbonyl (C=O) groups excluding carboxylic acids is 2. The zero-order valence-electron chi connectivity index (χ0n) is 14.7. The molecule has 3 rings (SSSR count). The Hall–Kier alpha value is -2.08. The molecule has 2 bridgehead atoms. The first-order chi connectivity index (χ1) is 12.2. The lowest BCUT2D eigenvalue weighted by Crippen LogP contribution is -2.52. The van der Waals surface area contributed by atoms with E-state index >= 15 is 0 Å². The van der Waals surface area contributed by atoms with Gasteiger partial charge in [-0.15, -0.1) is 0 Å². The minimum absolute atomic E-state index is 0.0420. The Morgan fingerprint density at radius 2 is 1.80 bits per heavy atom. The number of rotatable bonds is 6. The van der Waals surface area contributed by atoms with E-state index in [9.17, 15) is 9.59 Å². The molecular weight excluding hydrogens is 318 g/mol. The van der Waals surface area contributed by atoms with Crippen LogP contribution in [0.25, 0.3) is 0 Å². The molecule has 2 fully saturated rings. The molecule has 2 heterocycles. The first kappa shape index (κ1) is 17.7. The molecule has 2 aliphatic heterocycles. The molecule has 0 aliphatic carbocycles. The van der Waals surface area contributed by atoms with E-state index in [1.807, 2.05) is 42.2 Å². The summed E-state index contributed by atoms with van der Waals surface area (Å²) in [5, 5.41) is 6.46. The maximum Gasteiger partial charge on any atom is 0.410 e. The molecular formula is C19H27N3O3. The summed E-state index contributed by atoms with van der Waals surface area (Å²) < 4.78 is 5.18. The van der Waals surface area contributed by atoms with Gasteiger partial charge in [0.1, 0.15) is 0 Å². The molecule has 136 valence electrons. The van der Waals surface area contributed by atoms with Crippen molar-refractivity contribution >= 4 is 12.0 Å². The smallest absolute Gasteiger partial charge is 0.410 e. The summed E-state index contributed by atoms with van der Waals surface area (Å²) in [6.07, 6.45) is 3.88. The number of hydrogen-bond donors (Lipinski definition) is 2. The first-order valence-corrected chi connectivity index (χ1v) is 9.20. The number of carbonyl (C=O) groups is 2. The van der Waals surface area contributed by atoms with E-state index < -0.39 is 0 Å². The summed E-state index contributed by atoms with van der Waals surface area (Å²) in [5.41, 5.74) is 0.684. The van der Waals surface area contributed by atoms with Gasteiger partial charge in [0, 0.05) is 36.8 Å². The topological polar surface area (TPSA) is 70.7 Å². The fourth-order valence-electron chi connectivity index (χ4n) is 3.98. The predicted octanol–water partition coefficient (Wildman–Crippen LogP) is 2.16. The third kappa shape index (κ3) is 4.31. The summed E-state index contributed by atoms with van der Waals surface area (Å²) in [6.45, 7) is 3.61. The fourth-order valence-corrected chi connectivity index (χ4v) is 3.98. The van der Waals surface area contributed by atoms with Gasteiger partial charge in [-0.3, -0.25) is 4.79 Å². The summed E-state index contributed by atoms with van der Waals surface area (Å²) in [7, 11) is 0. The monoisotopic (exact) mass is 345 g/mol. The molecule has 2 aliphatic rings. The molecule has 0 saturated carbocycles. The highest BCUT2D eigenvalue weighted by Crippen LogP contribution is 2.36. The standard InChI is InChI=1S/C19H27N3O3/c1-2-25-19(24)22-16-8-9-17(22)13-15(12-16)20-10-11-21-18(23)14-6-4-3-5-7-14/h3-7,15-17,20H,2,8-13H2,1H3,(H,21,23)/t15?,16-,17+. The lowest BCUT2D eigenvalue weighted by Gasteiger charge is -2.38. The van der Waals surface area contributed by atoms with Gasteiger partial charge in [-0.2, -0.15) is 0 Å². The van der Waals surface area contributed by atoms with Crippen molar-refractivity contribution in [2.45, 2.75) is 50.7 Å². The highest BCUT2D eigenvalue weighted by atomic mass is 16.6. The van der Waals surface area contributed by atoms with Gasteiger partial charge in [-0.25, -0.2) is 4.79 Å². The van der Waals surface area contributed by atoms with Crippen LogP contribution in [0.4, 0.5) is 4.79 Å². The Labute approximate surface area is 148 Å². The molecule has 0 radical (unpaired) electrons. The van der Waals surface area contributed by atoms with Crippen LogP contribution in [-0.4, -0.2) is 54.7 Å². The number of piperidine rings is 1. The summed E-state index contributed by atoms with van der Waals surface area (Å²) in [4.78, 5) is 26.0. The van der Waals surface area contributed by atoms with E-state index in [1.165, 1.54) is 0 Å². The van der Waals surface area contributed by atoms with Crippen molar-refractivity contribution in [2.75, 3.05) is 19.7 Å². The molecule has 2 N–H and O–H groups in total. The highest BCUT2D eigenvalue weighted by Gasteiger charge is 2.43. The molecule has 1 aromatic carbocycles. The normalized spacial score (nSPS) is 24.8. The Morgan fingerprint density at radius 3 is 2.44 bits per heavy atom. The number of nitrogens with zero attached hydrogens (tertiary/aromatic N) is 1. The minimum atomic E-state index is -0.163. The number of hydrogen-bond acceptors (Lipinski definition) is 4. The Balaban J connectivity index is 1.39. The van der Waals surface area contributed by atoms with Crippen molar-refractivity contribution in [2.24, 2.45) is 0 Å². The molecule has 2 amide bonds. The lowest BCUT2D eigenvalue weighted by atomic mass is 9.98. The Kier molecular flexibility index (Phi) is 5.91. The highest BCUT2D eigenvalue weighted by molar-refractivity contribution is 5.94.